The third-order valence-electron chi connectivity index (χ3n) is 1.58. The first-order valence-corrected chi connectivity index (χ1v) is 3.78. The van der Waals surface area contributed by atoms with Crippen LogP contribution >= 0.6 is 0 Å². The Kier molecular flexibility index (Phi) is 3.13. The number of esters is 1. The molecule has 0 bridgehead atoms. The second-order valence-corrected chi connectivity index (χ2v) is 2.52. The molecule has 1 aromatic heterocycles. The lowest BCUT2D eigenvalue weighted by Crippen LogP contribution is -2.06. The fraction of sp³-hybridized carbons (Fsp3) is 0.222. The molecule has 0 unspecified atom stereocenters. The van der Waals surface area contributed by atoms with E-state index in [9.17, 15) is 9.18 Å². The van der Waals surface area contributed by atoms with Crippen LogP contribution in [0.3, 0.4) is 0 Å². The molecular formula is C9H7FN2O2. The zero-order valence-electron chi connectivity index (χ0n) is 7.45. The van der Waals surface area contributed by atoms with Crippen LogP contribution in [0.15, 0.2) is 12.3 Å². The molecule has 72 valence electrons. The van der Waals surface area contributed by atoms with Gasteiger partial charge in [0.25, 0.3) is 0 Å². The first-order valence-electron chi connectivity index (χ1n) is 3.78. The van der Waals surface area contributed by atoms with Crippen LogP contribution in [0.1, 0.15) is 11.3 Å². The van der Waals surface area contributed by atoms with Crippen LogP contribution in [0.5, 0.6) is 0 Å². The van der Waals surface area contributed by atoms with E-state index in [-0.39, 0.29) is 17.7 Å². The van der Waals surface area contributed by atoms with Gasteiger partial charge in [-0.3, -0.25) is 9.78 Å². The molecule has 0 radical (unpaired) electrons. The number of rotatable bonds is 2. The van der Waals surface area contributed by atoms with Crippen molar-refractivity contribution in [3.8, 4) is 6.07 Å². The van der Waals surface area contributed by atoms with E-state index in [4.69, 9.17) is 5.26 Å². The lowest BCUT2D eigenvalue weighted by molar-refractivity contribution is -0.139. The summed E-state index contributed by atoms with van der Waals surface area (Å²) >= 11 is 0. The van der Waals surface area contributed by atoms with Gasteiger partial charge in [0.15, 0.2) is 0 Å². The second kappa shape index (κ2) is 4.33. The molecule has 0 fully saturated rings. The largest absolute Gasteiger partial charge is 0.469 e. The number of aromatic nitrogens is 1. The summed E-state index contributed by atoms with van der Waals surface area (Å²) in [5, 5.41) is 8.42. The van der Waals surface area contributed by atoms with Crippen LogP contribution in [-0.4, -0.2) is 18.1 Å². The third kappa shape index (κ3) is 2.26. The number of carbonyl (C=O) groups is 1. The summed E-state index contributed by atoms with van der Waals surface area (Å²) in [6, 6.07) is 2.69. The van der Waals surface area contributed by atoms with Crippen molar-refractivity contribution in [3.05, 3.63) is 29.3 Å². The highest BCUT2D eigenvalue weighted by atomic mass is 19.1. The van der Waals surface area contributed by atoms with Crippen molar-refractivity contribution in [2.75, 3.05) is 7.11 Å². The Morgan fingerprint density at radius 1 is 1.79 bits per heavy atom. The summed E-state index contributed by atoms with van der Waals surface area (Å²) in [6.07, 6.45) is 0.993. The van der Waals surface area contributed by atoms with Crippen LogP contribution in [-0.2, 0) is 16.0 Å². The van der Waals surface area contributed by atoms with Gasteiger partial charge in [0.2, 0.25) is 0 Å². The molecule has 0 aliphatic rings. The minimum atomic E-state index is -0.679. The van der Waals surface area contributed by atoms with Gasteiger partial charge in [-0.15, -0.1) is 0 Å². The lowest BCUT2D eigenvalue weighted by atomic mass is 10.2. The van der Waals surface area contributed by atoms with E-state index in [0.29, 0.717) is 0 Å². The maximum atomic E-state index is 13.0. The van der Waals surface area contributed by atoms with Gasteiger partial charge in [0.05, 0.1) is 19.2 Å². The van der Waals surface area contributed by atoms with Crippen molar-refractivity contribution in [2.24, 2.45) is 0 Å². The normalized spacial score (nSPS) is 9.21. The Morgan fingerprint density at radius 2 is 2.50 bits per heavy atom. The number of nitriles is 1. The van der Waals surface area contributed by atoms with Crippen molar-refractivity contribution in [1.29, 1.82) is 5.26 Å². The van der Waals surface area contributed by atoms with E-state index in [2.05, 4.69) is 9.72 Å². The quantitative estimate of drug-likeness (QED) is 0.653. The monoisotopic (exact) mass is 194 g/mol. The van der Waals surface area contributed by atoms with Gasteiger partial charge in [-0.2, -0.15) is 5.26 Å². The highest BCUT2D eigenvalue weighted by molar-refractivity contribution is 5.71. The number of carbonyl (C=O) groups excluding carboxylic acids is 1. The average molecular weight is 194 g/mol. The Hall–Kier alpha value is -1.96. The average Bonchev–Trinajstić information content (AvgIpc) is 2.18. The number of ether oxygens (including phenoxy) is 1. The summed E-state index contributed by atoms with van der Waals surface area (Å²) in [5.74, 6) is -1.18. The van der Waals surface area contributed by atoms with Crippen molar-refractivity contribution >= 4 is 5.97 Å². The van der Waals surface area contributed by atoms with Crippen LogP contribution in [0, 0.1) is 17.1 Å². The Labute approximate surface area is 79.9 Å². The highest BCUT2D eigenvalue weighted by Crippen LogP contribution is 2.06. The predicted octanol–water partition coefficient (Wildman–Crippen LogP) is 0.808. The Morgan fingerprint density at radius 3 is 3.00 bits per heavy atom. The van der Waals surface area contributed by atoms with E-state index in [1.807, 2.05) is 0 Å². The maximum Gasteiger partial charge on any atom is 0.311 e. The zero-order chi connectivity index (χ0) is 10.6. The molecule has 0 saturated heterocycles. The molecule has 14 heavy (non-hydrogen) atoms. The molecule has 0 saturated carbocycles. The van der Waals surface area contributed by atoms with Crippen LogP contribution in [0.2, 0.25) is 0 Å². The summed E-state index contributed by atoms with van der Waals surface area (Å²) in [7, 11) is 1.24. The van der Waals surface area contributed by atoms with Crippen molar-refractivity contribution < 1.29 is 13.9 Å². The minimum absolute atomic E-state index is 0.0981. The molecule has 0 amide bonds. The molecule has 0 N–H and O–H groups in total. The highest BCUT2D eigenvalue weighted by Gasteiger charge is 2.07. The molecule has 0 aromatic carbocycles. The van der Waals surface area contributed by atoms with E-state index in [1.165, 1.54) is 7.11 Å². The number of hydrogen-bond acceptors (Lipinski definition) is 4. The van der Waals surface area contributed by atoms with Crippen LogP contribution < -0.4 is 0 Å². The van der Waals surface area contributed by atoms with Gasteiger partial charge in [-0.25, -0.2) is 4.39 Å². The molecule has 1 rings (SSSR count). The molecule has 4 nitrogen and oxygen atoms in total. The van der Waals surface area contributed by atoms with Gasteiger partial charge in [-0.05, 0) is 6.07 Å². The molecule has 0 aliphatic carbocycles. The lowest BCUT2D eigenvalue weighted by Gasteiger charge is -1.99. The van der Waals surface area contributed by atoms with Crippen molar-refractivity contribution in [1.82, 2.24) is 4.98 Å². The molecular weight excluding hydrogens is 187 g/mol. The number of methoxy groups -OCH3 is 1. The van der Waals surface area contributed by atoms with Crippen LogP contribution in [0.4, 0.5) is 4.39 Å². The van der Waals surface area contributed by atoms with Crippen molar-refractivity contribution in [2.45, 2.75) is 6.42 Å². The first-order chi connectivity index (χ1) is 6.67. The number of hydrogen-bond donors (Lipinski definition) is 0. The van der Waals surface area contributed by atoms with Gasteiger partial charge < -0.3 is 4.74 Å². The predicted molar refractivity (Wildman–Crippen MR) is 44.6 cm³/mol. The van der Waals surface area contributed by atoms with Gasteiger partial charge in [0, 0.05) is 6.20 Å². The van der Waals surface area contributed by atoms with Gasteiger partial charge >= 0.3 is 5.97 Å². The minimum Gasteiger partial charge on any atom is -0.469 e. The number of nitrogens with zero attached hydrogens (tertiary/aromatic N) is 2. The second-order valence-electron chi connectivity index (χ2n) is 2.52. The Bertz CT molecular complexity index is 398. The molecule has 1 aromatic rings. The SMILES string of the molecule is COC(=O)Cc1cc(F)c(C#N)cn1. The molecule has 5 heteroatoms. The topological polar surface area (TPSA) is 63.0 Å². The number of halogens is 1. The van der Waals surface area contributed by atoms with Crippen molar-refractivity contribution in [3.63, 3.8) is 0 Å². The summed E-state index contributed by atoms with van der Waals surface area (Å²) in [6.45, 7) is 0. The summed E-state index contributed by atoms with van der Waals surface area (Å²) in [5.41, 5.74) is 0.104. The first kappa shape index (κ1) is 10.1. The molecule has 1 heterocycles. The fourth-order valence-electron chi connectivity index (χ4n) is 0.869. The van der Waals surface area contributed by atoms with E-state index < -0.39 is 11.8 Å². The van der Waals surface area contributed by atoms with E-state index in [0.717, 1.165) is 12.3 Å². The zero-order valence-corrected chi connectivity index (χ0v) is 7.45. The summed E-state index contributed by atoms with van der Waals surface area (Å²) < 4.78 is 17.4. The standard InChI is InChI=1S/C9H7FN2O2/c1-14-9(13)3-7-2-8(10)6(4-11)5-12-7/h2,5H,3H2,1H3. The van der Waals surface area contributed by atoms with E-state index in [1.54, 1.807) is 6.07 Å². The van der Waals surface area contributed by atoms with Crippen LogP contribution in [0.25, 0.3) is 0 Å². The third-order valence-corrected chi connectivity index (χ3v) is 1.58. The maximum absolute atomic E-state index is 13.0. The van der Waals surface area contributed by atoms with E-state index >= 15 is 0 Å². The Balaban J connectivity index is 2.88. The van der Waals surface area contributed by atoms with Gasteiger partial charge in [0.1, 0.15) is 17.4 Å². The molecule has 0 aliphatic heterocycles. The number of pyridine rings is 1. The summed E-state index contributed by atoms with van der Waals surface area (Å²) in [4.78, 5) is 14.5. The smallest absolute Gasteiger partial charge is 0.311 e. The fourth-order valence-corrected chi connectivity index (χ4v) is 0.869. The van der Waals surface area contributed by atoms with Gasteiger partial charge in [-0.1, -0.05) is 0 Å². The molecule has 0 atom stereocenters. The molecule has 0 spiro atoms.